The average molecular weight is 310 g/mol. The first-order valence-corrected chi connectivity index (χ1v) is 8.09. The standard InChI is InChI=1S/C14H22N4O2S/c1-9-11(17-13(21-9)12(16)20)14(6-3-2-4-7-14)18-10(19)5-8-15/h2-8,15H2,1H3,(H2,16,20)(H,18,19). The number of amides is 2. The van der Waals surface area contributed by atoms with E-state index in [1.807, 2.05) is 6.92 Å². The Morgan fingerprint density at radius 2 is 2.00 bits per heavy atom. The van der Waals surface area contributed by atoms with Crippen molar-refractivity contribution in [3.05, 3.63) is 15.6 Å². The van der Waals surface area contributed by atoms with E-state index in [2.05, 4.69) is 10.3 Å². The van der Waals surface area contributed by atoms with Crippen LogP contribution in [0.3, 0.4) is 0 Å². The SMILES string of the molecule is Cc1sc(C(N)=O)nc1C1(NC(=O)CCN)CCCCC1. The van der Waals surface area contributed by atoms with Gasteiger partial charge in [0.2, 0.25) is 5.91 Å². The van der Waals surface area contributed by atoms with E-state index in [1.165, 1.54) is 11.3 Å². The highest BCUT2D eigenvalue weighted by Gasteiger charge is 2.39. The first-order valence-electron chi connectivity index (χ1n) is 7.27. The van der Waals surface area contributed by atoms with Crippen molar-refractivity contribution >= 4 is 23.2 Å². The van der Waals surface area contributed by atoms with E-state index in [9.17, 15) is 9.59 Å². The van der Waals surface area contributed by atoms with Crippen LogP contribution in [0.5, 0.6) is 0 Å². The van der Waals surface area contributed by atoms with Gasteiger partial charge in [-0.25, -0.2) is 4.98 Å². The van der Waals surface area contributed by atoms with Crippen LogP contribution in [0.1, 0.15) is 58.9 Å². The Morgan fingerprint density at radius 3 is 2.52 bits per heavy atom. The Morgan fingerprint density at radius 1 is 1.33 bits per heavy atom. The minimum Gasteiger partial charge on any atom is -0.364 e. The van der Waals surface area contributed by atoms with Gasteiger partial charge in [-0.1, -0.05) is 19.3 Å². The molecule has 0 spiro atoms. The molecule has 7 heteroatoms. The number of hydrogen-bond acceptors (Lipinski definition) is 5. The highest BCUT2D eigenvalue weighted by Crippen LogP contribution is 2.39. The van der Waals surface area contributed by atoms with Crippen molar-refractivity contribution in [1.82, 2.24) is 10.3 Å². The van der Waals surface area contributed by atoms with Crippen LogP contribution in [0.15, 0.2) is 0 Å². The Balaban J connectivity index is 2.35. The lowest BCUT2D eigenvalue weighted by Gasteiger charge is -2.37. The molecule has 2 rings (SSSR count). The number of thiazole rings is 1. The van der Waals surface area contributed by atoms with Crippen molar-refractivity contribution < 1.29 is 9.59 Å². The zero-order chi connectivity index (χ0) is 15.5. The van der Waals surface area contributed by atoms with Crippen molar-refractivity contribution in [2.45, 2.75) is 51.0 Å². The first kappa shape index (κ1) is 15.9. The molecular formula is C14H22N4O2S. The molecule has 2 amide bonds. The van der Waals surface area contributed by atoms with Crippen molar-refractivity contribution in [1.29, 1.82) is 0 Å². The van der Waals surface area contributed by atoms with Gasteiger partial charge in [0.1, 0.15) is 0 Å². The highest BCUT2D eigenvalue weighted by atomic mass is 32.1. The number of rotatable bonds is 5. The second kappa shape index (κ2) is 6.53. The van der Waals surface area contributed by atoms with E-state index < -0.39 is 11.4 Å². The number of aromatic nitrogens is 1. The lowest BCUT2D eigenvalue weighted by Crippen LogP contribution is -2.48. The van der Waals surface area contributed by atoms with Gasteiger partial charge >= 0.3 is 0 Å². The molecule has 6 nitrogen and oxygen atoms in total. The summed E-state index contributed by atoms with van der Waals surface area (Å²) in [4.78, 5) is 28.7. The number of nitrogens with one attached hydrogen (secondary N) is 1. The predicted octanol–water partition coefficient (Wildman–Crippen LogP) is 1.17. The van der Waals surface area contributed by atoms with Crippen LogP contribution in [0.25, 0.3) is 0 Å². The molecule has 0 saturated heterocycles. The minimum atomic E-state index is -0.520. The lowest BCUT2D eigenvalue weighted by molar-refractivity contribution is -0.123. The van der Waals surface area contributed by atoms with Crippen molar-refractivity contribution in [2.24, 2.45) is 11.5 Å². The molecule has 0 bridgehead atoms. The average Bonchev–Trinajstić information content (AvgIpc) is 2.83. The third kappa shape index (κ3) is 3.41. The maximum Gasteiger partial charge on any atom is 0.277 e. The minimum absolute atomic E-state index is 0.0626. The monoisotopic (exact) mass is 310 g/mol. The van der Waals surface area contributed by atoms with Crippen LogP contribution in [0.2, 0.25) is 0 Å². The van der Waals surface area contributed by atoms with E-state index in [-0.39, 0.29) is 5.91 Å². The van der Waals surface area contributed by atoms with Crippen LogP contribution >= 0.6 is 11.3 Å². The Kier molecular flexibility index (Phi) is 4.95. The molecule has 0 atom stereocenters. The van der Waals surface area contributed by atoms with Gasteiger partial charge in [0.05, 0.1) is 11.2 Å². The smallest absolute Gasteiger partial charge is 0.277 e. The summed E-state index contributed by atoms with van der Waals surface area (Å²) in [6.07, 6.45) is 5.20. The van der Waals surface area contributed by atoms with Gasteiger partial charge in [0, 0.05) is 17.8 Å². The largest absolute Gasteiger partial charge is 0.364 e. The summed E-state index contributed by atoms with van der Waals surface area (Å²) in [7, 11) is 0. The van der Waals surface area contributed by atoms with Crippen molar-refractivity contribution in [2.75, 3.05) is 6.54 Å². The molecule has 1 fully saturated rings. The molecular weight excluding hydrogens is 288 g/mol. The zero-order valence-electron chi connectivity index (χ0n) is 12.3. The van der Waals surface area contributed by atoms with Gasteiger partial charge in [0.25, 0.3) is 5.91 Å². The summed E-state index contributed by atoms with van der Waals surface area (Å²) in [6, 6.07) is 0. The van der Waals surface area contributed by atoms with E-state index in [1.54, 1.807) is 0 Å². The summed E-state index contributed by atoms with van der Waals surface area (Å²) in [5.74, 6) is -0.582. The van der Waals surface area contributed by atoms with Gasteiger partial charge in [-0.15, -0.1) is 11.3 Å². The summed E-state index contributed by atoms with van der Waals surface area (Å²) < 4.78 is 0. The first-order chi connectivity index (χ1) is 9.98. The molecule has 0 aliphatic heterocycles. The van der Waals surface area contributed by atoms with Crippen LogP contribution in [0, 0.1) is 6.92 Å². The fraction of sp³-hybridized carbons (Fsp3) is 0.643. The number of carbonyl (C=O) groups excluding carboxylic acids is 2. The Hall–Kier alpha value is -1.47. The fourth-order valence-corrected chi connectivity index (χ4v) is 3.85. The molecule has 0 unspecified atom stereocenters. The molecule has 1 aliphatic rings. The molecule has 1 aromatic rings. The van der Waals surface area contributed by atoms with Gasteiger partial charge < -0.3 is 16.8 Å². The van der Waals surface area contributed by atoms with Crippen LogP contribution < -0.4 is 16.8 Å². The predicted molar refractivity (Wildman–Crippen MR) is 81.9 cm³/mol. The number of nitrogens with two attached hydrogens (primary N) is 2. The second-order valence-corrected chi connectivity index (χ2v) is 6.72. The lowest BCUT2D eigenvalue weighted by atomic mass is 9.78. The van der Waals surface area contributed by atoms with E-state index in [4.69, 9.17) is 11.5 Å². The molecule has 116 valence electrons. The van der Waals surface area contributed by atoms with Gasteiger partial charge in [0.15, 0.2) is 5.01 Å². The molecule has 1 heterocycles. The third-order valence-corrected chi connectivity index (χ3v) is 4.90. The maximum atomic E-state index is 12.0. The normalized spacial score (nSPS) is 17.4. The molecule has 1 saturated carbocycles. The number of hydrogen-bond donors (Lipinski definition) is 3. The fourth-order valence-electron chi connectivity index (χ4n) is 2.98. The van der Waals surface area contributed by atoms with Crippen molar-refractivity contribution in [3.8, 4) is 0 Å². The molecule has 1 aliphatic carbocycles. The number of nitrogens with zero attached hydrogens (tertiary/aromatic N) is 1. The molecule has 1 aromatic heterocycles. The second-order valence-electron chi connectivity index (χ2n) is 5.52. The number of primary amides is 1. The van der Waals surface area contributed by atoms with E-state index in [0.717, 1.165) is 42.7 Å². The van der Waals surface area contributed by atoms with Crippen LogP contribution in [0.4, 0.5) is 0 Å². The van der Waals surface area contributed by atoms with Crippen molar-refractivity contribution in [3.63, 3.8) is 0 Å². The number of aryl methyl sites for hydroxylation is 1. The summed E-state index contributed by atoms with van der Waals surface area (Å²) >= 11 is 1.29. The summed E-state index contributed by atoms with van der Waals surface area (Å²) in [6.45, 7) is 2.25. The maximum absolute atomic E-state index is 12.0. The highest BCUT2D eigenvalue weighted by molar-refractivity contribution is 7.13. The van der Waals surface area contributed by atoms with E-state index >= 15 is 0 Å². The third-order valence-electron chi connectivity index (χ3n) is 3.92. The molecule has 21 heavy (non-hydrogen) atoms. The van der Waals surface area contributed by atoms with Gasteiger partial charge in [-0.2, -0.15) is 0 Å². The van der Waals surface area contributed by atoms with Gasteiger partial charge in [-0.05, 0) is 19.8 Å². The molecule has 5 N–H and O–H groups in total. The number of carbonyl (C=O) groups is 2. The quantitative estimate of drug-likeness (QED) is 0.758. The molecule has 0 radical (unpaired) electrons. The summed E-state index contributed by atoms with van der Waals surface area (Å²) in [5.41, 5.74) is 11.1. The zero-order valence-corrected chi connectivity index (χ0v) is 13.1. The Bertz CT molecular complexity index is 535. The summed E-state index contributed by atoms with van der Waals surface area (Å²) in [5, 5.41) is 3.42. The van der Waals surface area contributed by atoms with Gasteiger partial charge in [-0.3, -0.25) is 9.59 Å². The van der Waals surface area contributed by atoms with Crippen LogP contribution in [-0.4, -0.2) is 23.3 Å². The van der Waals surface area contributed by atoms with E-state index in [0.29, 0.717) is 18.0 Å². The van der Waals surface area contributed by atoms with Crippen LogP contribution in [-0.2, 0) is 10.3 Å². The molecule has 0 aromatic carbocycles. The topological polar surface area (TPSA) is 111 Å². The Labute approximate surface area is 128 Å².